The number of hydrogen-bond acceptors (Lipinski definition) is 6. The Kier molecular flexibility index (Phi) is 2.03. The molecule has 3 heterocycles. The van der Waals surface area contributed by atoms with E-state index in [1.54, 1.807) is 16.5 Å². The van der Waals surface area contributed by atoms with Crippen LogP contribution in [0.25, 0.3) is 4.96 Å². The van der Waals surface area contributed by atoms with Crippen LogP contribution in [0, 0.1) is 16.0 Å². The van der Waals surface area contributed by atoms with Crippen molar-refractivity contribution in [3.63, 3.8) is 0 Å². The first-order valence-corrected chi connectivity index (χ1v) is 7.04. The van der Waals surface area contributed by atoms with Crippen LogP contribution in [0.1, 0.15) is 12.8 Å². The van der Waals surface area contributed by atoms with E-state index in [4.69, 9.17) is 0 Å². The molecule has 19 heavy (non-hydrogen) atoms. The van der Waals surface area contributed by atoms with Gasteiger partial charge in [0.2, 0.25) is 5.82 Å². The fourth-order valence-electron chi connectivity index (χ4n) is 2.79. The Labute approximate surface area is 112 Å². The maximum atomic E-state index is 11.2. The molecule has 0 bridgehead atoms. The minimum absolute atomic E-state index is 0.00547. The molecule has 2 aromatic heterocycles. The van der Waals surface area contributed by atoms with E-state index in [1.807, 2.05) is 0 Å². The molecule has 0 unspecified atom stereocenters. The molecular formula is C11H12N4O3S. The highest BCUT2D eigenvalue weighted by atomic mass is 32.1. The summed E-state index contributed by atoms with van der Waals surface area (Å²) in [4.78, 5) is 17.5. The summed E-state index contributed by atoms with van der Waals surface area (Å²) in [5, 5.41) is 23.3. The van der Waals surface area contributed by atoms with Crippen LogP contribution in [0.4, 0.5) is 11.6 Å². The van der Waals surface area contributed by atoms with Crippen molar-refractivity contribution < 1.29 is 10.0 Å². The number of imidazole rings is 1. The average molecular weight is 280 g/mol. The highest BCUT2D eigenvalue weighted by Crippen LogP contribution is 2.47. The zero-order valence-electron chi connectivity index (χ0n) is 10.0. The van der Waals surface area contributed by atoms with E-state index < -0.39 is 10.5 Å². The number of aliphatic hydroxyl groups is 1. The highest BCUT2D eigenvalue weighted by molar-refractivity contribution is 7.15. The minimum atomic E-state index is -0.662. The van der Waals surface area contributed by atoms with Crippen LogP contribution in [0.5, 0.6) is 0 Å². The fourth-order valence-corrected chi connectivity index (χ4v) is 3.49. The van der Waals surface area contributed by atoms with Gasteiger partial charge in [-0.2, -0.15) is 9.38 Å². The quantitative estimate of drug-likeness (QED) is 0.676. The number of hydrogen-bond donors (Lipinski definition) is 1. The molecule has 4 rings (SSSR count). The van der Waals surface area contributed by atoms with Crippen molar-refractivity contribution in [2.45, 2.75) is 18.4 Å². The molecule has 0 atom stereocenters. The lowest BCUT2D eigenvalue weighted by Crippen LogP contribution is -2.63. The van der Waals surface area contributed by atoms with Crippen LogP contribution in [0.15, 0.2) is 11.6 Å². The molecule has 0 aromatic carbocycles. The highest BCUT2D eigenvalue weighted by Gasteiger charge is 2.53. The van der Waals surface area contributed by atoms with Crippen LogP contribution in [-0.4, -0.2) is 38.1 Å². The molecule has 1 aliphatic carbocycles. The molecule has 2 aromatic rings. The molecular weight excluding hydrogens is 268 g/mol. The summed E-state index contributed by atoms with van der Waals surface area (Å²) in [5.74, 6) is 0.739. The lowest BCUT2D eigenvalue weighted by atomic mass is 9.89. The van der Waals surface area contributed by atoms with Gasteiger partial charge in [0.05, 0.1) is 13.1 Å². The number of nitro groups is 1. The van der Waals surface area contributed by atoms with Crippen LogP contribution in [0.2, 0.25) is 0 Å². The van der Waals surface area contributed by atoms with Crippen molar-refractivity contribution in [3.8, 4) is 0 Å². The third-order valence-electron chi connectivity index (χ3n) is 3.96. The number of thiazole rings is 1. The number of fused-ring (bicyclic) bond motifs is 1. The van der Waals surface area contributed by atoms with Crippen molar-refractivity contribution in [1.82, 2.24) is 9.38 Å². The van der Waals surface area contributed by atoms with Crippen molar-refractivity contribution in [3.05, 3.63) is 21.7 Å². The Bertz CT molecular complexity index is 669. The summed E-state index contributed by atoms with van der Waals surface area (Å²) in [6.07, 6.45) is 3.77. The van der Waals surface area contributed by atoms with Gasteiger partial charge in [0, 0.05) is 5.38 Å². The molecule has 0 radical (unpaired) electrons. The first-order valence-electron chi connectivity index (χ1n) is 6.16. The van der Waals surface area contributed by atoms with Gasteiger partial charge in [0.15, 0.2) is 0 Å². The molecule has 2 fully saturated rings. The van der Waals surface area contributed by atoms with Gasteiger partial charge in [-0.1, -0.05) is 11.3 Å². The van der Waals surface area contributed by atoms with E-state index in [1.165, 1.54) is 15.7 Å². The summed E-state index contributed by atoms with van der Waals surface area (Å²) in [6, 6.07) is 0. The Morgan fingerprint density at radius 2 is 2.26 bits per heavy atom. The summed E-state index contributed by atoms with van der Waals surface area (Å²) in [7, 11) is 0. The molecule has 7 nitrogen and oxygen atoms in total. The molecule has 1 saturated carbocycles. The van der Waals surface area contributed by atoms with E-state index >= 15 is 0 Å². The Hall–Kier alpha value is -1.67. The number of nitrogens with zero attached hydrogens (tertiary/aromatic N) is 4. The van der Waals surface area contributed by atoms with Crippen LogP contribution in [-0.2, 0) is 0 Å². The van der Waals surface area contributed by atoms with Gasteiger partial charge in [0.25, 0.3) is 4.96 Å². The second-order valence-corrected chi connectivity index (χ2v) is 6.18. The maximum absolute atomic E-state index is 11.2. The number of rotatable bonds is 3. The lowest BCUT2D eigenvalue weighted by molar-refractivity contribution is -0.389. The fraction of sp³-hybridized carbons (Fsp3) is 0.545. The second kappa shape index (κ2) is 3.45. The van der Waals surface area contributed by atoms with Gasteiger partial charge < -0.3 is 20.1 Å². The van der Waals surface area contributed by atoms with Gasteiger partial charge in [-0.05, 0) is 23.7 Å². The maximum Gasteiger partial charge on any atom is 0.373 e. The molecule has 0 amide bonds. The van der Waals surface area contributed by atoms with Gasteiger partial charge in [-0.3, -0.25) is 0 Å². The Balaban J connectivity index is 1.70. The summed E-state index contributed by atoms with van der Waals surface area (Å²) in [5.41, 5.74) is -0.662. The van der Waals surface area contributed by atoms with Gasteiger partial charge in [0.1, 0.15) is 11.8 Å². The van der Waals surface area contributed by atoms with Crippen LogP contribution >= 0.6 is 11.3 Å². The summed E-state index contributed by atoms with van der Waals surface area (Å²) >= 11 is 1.37. The van der Waals surface area contributed by atoms with E-state index in [2.05, 4.69) is 4.98 Å². The monoisotopic (exact) mass is 280 g/mol. The average Bonchev–Trinajstić information content (AvgIpc) is 2.96. The molecule has 8 heteroatoms. The largest absolute Gasteiger partial charge is 0.386 e. The Morgan fingerprint density at radius 3 is 2.89 bits per heavy atom. The van der Waals surface area contributed by atoms with E-state index in [0.717, 1.165) is 12.8 Å². The first-order chi connectivity index (χ1) is 9.08. The van der Waals surface area contributed by atoms with E-state index in [-0.39, 0.29) is 5.82 Å². The molecule has 1 aliphatic heterocycles. The van der Waals surface area contributed by atoms with E-state index in [0.29, 0.717) is 29.8 Å². The molecule has 1 saturated heterocycles. The van der Waals surface area contributed by atoms with Gasteiger partial charge in [-0.15, -0.1) is 0 Å². The van der Waals surface area contributed by atoms with Crippen LogP contribution < -0.4 is 4.90 Å². The van der Waals surface area contributed by atoms with Gasteiger partial charge in [-0.25, -0.2) is 0 Å². The van der Waals surface area contributed by atoms with Crippen molar-refractivity contribution in [1.29, 1.82) is 0 Å². The third-order valence-corrected chi connectivity index (χ3v) is 4.71. The smallest absolute Gasteiger partial charge is 0.373 e. The minimum Gasteiger partial charge on any atom is -0.386 e. The summed E-state index contributed by atoms with van der Waals surface area (Å²) in [6.45, 7) is 0.896. The summed E-state index contributed by atoms with van der Waals surface area (Å²) < 4.78 is 1.49. The van der Waals surface area contributed by atoms with Crippen molar-refractivity contribution >= 4 is 27.9 Å². The topological polar surface area (TPSA) is 83.9 Å². The van der Waals surface area contributed by atoms with Crippen molar-refractivity contribution in [2.75, 3.05) is 18.0 Å². The lowest BCUT2D eigenvalue weighted by Gasteiger charge is -2.46. The first kappa shape index (κ1) is 11.2. The number of aromatic nitrogens is 2. The molecule has 100 valence electrons. The van der Waals surface area contributed by atoms with Gasteiger partial charge >= 0.3 is 5.82 Å². The van der Waals surface area contributed by atoms with E-state index in [9.17, 15) is 15.2 Å². The molecule has 1 N–H and O–H groups in total. The molecule has 2 aliphatic rings. The SMILES string of the molecule is O=[N+]([O-])c1c(N2CC(O)(C3CC3)C2)nc2sccn12. The number of β-amino-alcohol motifs (C(OH)–C–C–N with tert-alkyl or cyclic N) is 1. The molecule has 0 spiro atoms. The normalized spacial score (nSPS) is 21.6. The van der Waals surface area contributed by atoms with Crippen LogP contribution in [0.3, 0.4) is 0 Å². The predicted molar refractivity (Wildman–Crippen MR) is 69.6 cm³/mol. The standard InChI is InChI=1S/C11H12N4O3S/c16-11(7-1-2-7)5-13(6-11)8-9(15(17)18)14-3-4-19-10(14)12-8/h3-4,7,16H,1-2,5-6H2. The zero-order valence-corrected chi connectivity index (χ0v) is 10.8. The predicted octanol–water partition coefficient (Wildman–Crippen LogP) is 1.27. The third kappa shape index (κ3) is 1.50. The number of anilines is 1. The second-order valence-electron chi connectivity index (χ2n) is 5.31. The van der Waals surface area contributed by atoms with Crippen molar-refractivity contribution in [2.24, 2.45) is 5.92 Å². The Morgan fingerprint density at radius 1 is 1.53 bits per heavy atom. The zero-order chi connectivity index (χ0) is 13.2.